The second-order valence-electron chi connectivity index (χ2n) is 2.54. The molecule has 0 fully saturated rings. The molecular formula is C8H10N2O2. The van der Waals surface area contributed by atoms with E-state index >= 15 is 0 Å². The zero-order chi connectivity index (χ0) is 9.14. The van der Waals surface area contributed by atoms with E-state index in [1.54, 1.807) is 19.1 Å². The normalized spacial score (nSPS) is 12.5. The molecular weight excluding hydrogens is 156 g/mol. The van der Waals surface area contributed by atoms with Gasteiger partial charge in [0, 0.05) is 11.9 Å². The molecule has 0 aliphatic heterocycles. The van der Waals surface area contributed by atoms with Crippen molar-refractivity contribution < 1.29 is 9.90 Å². The predicted molar refractivity (Wildman–Crippen MR) is 43.1 cm³/mol. The zero-order valence-corrected chi connectivity index (χ0v) is 6.69. The molecule has 1 rings (SSSR count). The predicted octanol–water partition coefficient (Wildman–Crippen LogP) is -0.0913. The molecule has 0 aliphatic rings. The Morgan fingerprint density at radius 1 is 1.75 bits per heavy atom. The van der Waals surface area contributed by atoms with Crippen LogP contribution in [0.15, 0.2) is 18.3 Å². The summed E-state index contributed by atoms with van der Waals surface area (Å²) >= 11 is 0. The van der Waals surface area contributed by atoms with Crippen LogP contribution in [0.2, 0.25) is 0 Å². The van der Waals surface area contributed by atoms with Gasteiger partial charge in [-0.25, -0.2) is 0 Å². The molecule has 1 atom stereocenters. The lowest BCUT2D eigenvalue weighted by atomic mass is 10.1. The first kappa shape index (κ1) is 8.67. The highest BCUT2D eigenvalue weighted by atomic mass is 16.3. The van der Waals surface area contributed by atoms with Crippen LogP contribution in [0.4, 0.5) is 0 Å². The molecule has 1 aromatic rings. The number of aliphatic hydroxyl groups is 1. The highest BCUT2D eigenvalue weighted by Gasteiger charge is 2.12. The number of hydrogen-bond acceptors (Lipinski definition) is 3. The van der Waals surface area contributed by atoms with Gasteiger partial charge in [-0.1, -0.05) is 0 Å². The molecule has 4 nitrogen and oxygen atoms in total. The molecule has 0 saturated heterocycles. The van der Waals surface area contributed by atoms with Gasteiger partial charge < -0.3 is 10.8 Å². The van der Waals surface area contributed by atoms with Crippen LogP contribution >= 0.6 is 0 Å². The van der Waals surface area contributed by atoms with E-state index in [2.05, 4.69) is 4.98 Å². The standard InChI is InChI=1S/C8H10N2O2/c1-5-4-6(2-3-10-5)7(11)8(9)12/h2-4,7,11H,1H3,(H2,9,12). The first-order valence-corrected chi connectivity index (χ1v) is 3.51. The summed E-state index contributed by atoms with van der Waals surface area (Å²) < 4.78 is 0. The van der Waals surface area contributed by atoms with Gasteiger partial charge in [0.15, 0.2) is 6.10 Å². The van der Waals surface area contributed by atoms with E-state index in [0.29, 0.717) is 5.56 Å². The van der Waals surface area contributed by atoms with Gasteiger partial charge in [-0.3, -0.25) is 9.78 Å². The molecule has 1 heterocycles. The Labute approximate surface area is 70.0 Å². The Morgan fingerprint density at radius 2 is 2.42 bits per heavy atom. The summed E-state index contributed by atoms with van der Waals surface area (Å²) in [6.07, 6.45) is 0.295. The van der Waals surface area contributed by atoms with E-state index in [4.69, 9.17) is 5.73 Å². The molecule has 3 N–H and O–H groups in total. The van der Waals surface area contributed by atoms with Gasteiger partial charge in [-0.15, -0.1) is 0 Å². The van der Waals surface area contributed by atoms with Crippen LogP contribution < -0.4 is 5.73 Å². The summed E-state index contributed by atoms with van der Waals surface area (Å²) in [6, 6.07) is 3.18. The number of carbonyl (C=O) groups is 1. The number of nitrogens with two attached hydrogens (primary N) is 1. The van der Waals surface area contributed by atoms with E-state index in [0.717, 1.165) is 5.69 Å². The second-order valence-corrected chi connectivity index (χ2v) is 2.54. The number of amides is 1. The van der Waals surface area contributed by atoms with Crippen molar-refractivity contribution in [2.24, 2.45) is 5.73 Å². The zero-order valence-electron chi connectivity index (χ0n) is 6.69. The third kappa shape index (κ3) is 1.79. The van der Waals surface area contributed by atoms with Crippen molar-refractivity contribution in [3.63, 3.8) is 0 Å². The molecule has 0 aliphatic carbocycles. The minimum absolute atomic E-state index is 0.481. The van der Waals surface area contributed by atoms with Crippen LogP contribution in [0.5, 0.6) is 0 Å². The van der Waals surface area contributed by atoms with Crippen molar-refractivity contribution in [2.75, 3.05) is 0 Å². The molecule has 12 heavy (non-hydrogen) atoms. The van der Waals surface area contributed by atoms with Crippen LogP contribution in [-0.2, 0) is 4.79 Å². The molecule has 1 aromatic heterocycles. The smallest absolute Gasteiger partial charge is 0.250 e. The molecule has 64 valence electrons. The molecule has 4 heteroatoms. The summed E-state index contributed by atoms with van der Waals surface area (Å²) in [4.78, 5) is 14.5. The SMILES string of the molecule is Cc1cc(C(O)C(N)=O)ccn1. The van der Waals surface area contributed by atoms with E-state index in [9.17, 15) is 9.90 Å². The Morgan fingerprint density at radius 3 is 2.92 bits per heavy atom. The number of rotatable bonds is 2. The third-order valence-corrected chi connectivity index (χ3v) is 1.51. The molecule has 0 aromatic carbocycles. The Balaban J connectivity index is 2.95. The van der Waals surface area contributed by atoms with Crippen molar-refractivity contribution in [1.29, 1.82) is 0 Å². The van der Waals surface area contributed by atoms with Gasteiger partial charge in [-0.2, -0.15) is 0 Å². The maximum absolute atomic E-state index is 10.6. The molecule has 0 saturated carbocycles. The number of aliphatic hydroxyl groups excluding tert-OH is 1. The fourth-order valence-corrected chi connectivity index (χ4v) is 0.902. The van der Waals surface area contributed by atoms with Crippen molar-refractivity contribution in [1.82, 2.24) is 4.98 Å². The maximum atomic E-state index is 10.6. The number of carbonyl (C=O) groups excluding carboxylic acids is 1. The number of aromatic nitrogens is 1. The van der Waals surface area contributed by atoms with Crippen molar-refractivity contribution in [3.8, 4) is 0 Å². The average molecular weight is 166 g/mol. The summed E-state index contributed by atoms with van der Waals surface area (Å²) in [7, 11) is 0. The lowest BCUT2D eigenvalue weighted by Gasteiger charge is -2.05. The summed E-state index contributed by atoms with van der Waals surface area (Å²) in [5, 5.41) is 9.22. The summed E-state index contributed by atoms with van der Waals surface area (Å²) in [6.45, 7) is 1.78. The van der Waals surface area contributed by atoms with Gasteiger partial charge in [0.25, 0.3) is 5.91 Å². The number of aryl methyl sites for hydroxylation is 1. The molecule has 1 unspecified atom stereocenters. The number of primary amides is 1. The minimum Gasteiger partial charge on any atom is -0.378 e. The van der Waals surface area contributed by atoms with Crippen molar-refractivity contribution >= 4 is 5.91 Å². The second kappa shape index (κ2) is 3.32. The van der Waals surface area contributed by atoms with Crippen LogP contribution in [0, 0.1) is 6.92 Å². The minimum atomic E-state index is -1.23. The van der Waals surface area contributed by atoms with Crippen molar-refractivity contribution in [3.05, 3.63) is 29.6 Å². The van der Waals surface area contributed by atoms with Gasteiger partial charge in [0.2, 0.25) is 0 Å². The fourth-order valence-electron chi connectivity index (χ4n) is 0.902. The highest BCUT2D eigenvalue weighted by Crippen LogP contribution is 2.11. The summed E-state index contributed by atoms with van der Waals surface area (Å²) in [5.74, 6) is -0.749. The van der Waals surface area contributed by atoms with Gasteiger partial charge in [-0.05, 0) is 24.6 Å². The van der Waals surface area contributed by atoms with E-state index in [-0.39, 0.29) is 0 Å². The molecule has 0 radical (unpaired) electrons. The first-order chi connectivity index (χ1) is 5.61. The van der Waals surface area contributed by atoms with Crippen LogP contribution in [-0.4, -0.2) is 16.0 Å². The number of hydrogen-bond donors (Lipinski definition) is 2. The van der Waals surface area contributed by atoms with Gasteiger partial charge in [0.1, 0.15) is 0 Å². The van der Waals surface area contributed by atoms with E-state index < -0.39 is 12.0 Å². The van der Waals surface area contributed by atoms with Crippen LogP contribution in [0.1, 0.15) is 17.4 Å². The Hall–Kier alpha value is -1.42. The molecule has 0 spiro atoms. The lowest BCUT2D eigenvalue weighted by molar-refractivity contribution is -0.126. The maximum Gasteiger partial charge on any atom is 0.250 e. The Bertz CT molecular complexity index is 299. The largest absolute Gasteiger partial charge is 0.378 e. The summed E-state index contributed by atoms with van der Waals surface area (Å²) in [5.41, 5.74) is 6.13. The van der Waals surface area contributed by atoms with Gasteiger partial charge in [0.05, 0.1) is 0 Å². The van der Waals surface area contributed by atoms with Crippen molar-refractivity contribution in [2.45, 2.75) is 13.0 Å². The third-order valence-electron chi connectivity index (χ3n) is 1.51. The fraction of sp³-hybridized carbons (Fsp3) is 0.250. The van der Waals surface area contributed by atoms with Gasteiger partial charge >= 0.3 is 0 Å². The number of pyridine rings is 1. The van der Waals surface area contributed by atoms with Crippen LogP contribution in [0.3, 0.4) is 0 Å². The molecule has 1 amide bonds. The van der Waals surface area contributed by atoms with E-state index in [1.165, 1.54) is 6.20 Å². The average Bonchev–Trinajstić information content (AvgIpc) is 2.03. The van der Waals surface area contributed by atoms with E-state index in [1.807, 2.05) is 0 Å². The Kier molecular flexibility index (Phi) is 2.40. The topological polar surface area (TPSA) is 76.2 Å². The highest BCUT2D eigenvalue weighted by molar-refractivity contribution is 5.80. The quantitative estimate of drug-likeness (QED) is 0.644. The van der Waals surface area contributed by atoms with Crippen LogP contribution in [0.25, 0.3) is 0 Å². The molecule has 0 bridgehead atoms. The monoisotopic (exact) mass is 166 g/mol. The first-order valence-electron chi connectivity index (χ1n) is 3.51. The number of nitrogens with zero attached hydrogens (tertiary/aromatic N) is 1. The lowest BCUT2D eigenvalue weighted by Crippen LogP contribution is -2.20.